The van der Waals surface area contributed by atoms with Crippen molar-refractivity contribution in [3.05, 3.63) is 146 Å². The third-order valence-corrected chi connectivity index (χ3v) is 10.5. The molecule has 232 valence electrons. The van der Waals surface area contributed by atoms with Crippen molar-refractivity contribution in [1.82, 2.24) is 0 Å². The molecule has 0 spiro atoms. The van der Waals surface area contributed by atoms with E-state index in [1.165, 1.54) is 32.7 Å². The van der Waals surface area contributed by atoms with Crippen LogP contribution in [-0.2, 0) is 0 Å². The maximum Gasteiger partial charge on any atom is 0.139 e. The summed E-state index contributed by atoms with van der Waals surface area (Å²) in [7, 11) is 0. The SMILES string of the molecule is c1ccc2c(c1)oc1cc3oc4ccc(-c5c6ccccc6c(-c6ccc7oc8cc9occc9cc8c7c6)c6ccccc56)cc4c3cc12. The minimum absolute atomic E-state index is 0.824. The fraction of sp³-hybridized carbons (Fsp3) is 0. The van der Waals surface area contributed by atoms with Crippen LogP contribution in [0.3, 0.4) is 0 Å². The van der Waals surface area contributed by atoms with Gasteiger partial charge in [0.1, 0.15) is 39.1 Å². The Labute approximate surface area is 283 Å². The van der Waals surface area contributed by atoms with E-state index in [1.807, 2.05) is 30.3 Å². The van der Waals surface area contributed by atoms with Crippen molar-refractivity contribution in [1.29, 1.82) is 0 Å². The standard InChI is InChI=1S/C46H24O4/c1-3-10-31-29(8-1)45(26-13-15-39-33(20-26)35-19-25-17-18-47-41(25)23-42(35)49-39)30-9-2-4-11-32(30)46(31)27-14-16-40-34(21-27)37-22-36-28-7-5-6-12-38(28)48-43(36)24-44(37)50-40/h1-24H. The Balaban J connectivity index is 1.12. The molecule has 0 aliphatic rings. The highest BCUT2D eigenvalue weighted by molar-refractivity contribution is 6.23. The minimum Gasteiger partial charge on any atom is -0.464 e. The lowest BCUT2D eigenvalue weighted by Crippen LogP contribution is -1.90. The maximum absolute atomic E-state index is 6.40. The van der Waals surface area contributed by atoms with Gasteiger partial charge in [0.25, 0.3) is 0 Å². The van der Waals surface area contributed by atoms with Crippen molar-refractivity contribution in [3.63, 3.8) is 0 Å². The number of hydrogen-bond donors (Lipinski definition) is 0. The Morgan fingerprint density at radius 3 is 1.30 bits per heavy atom. The lowest BCUT2D eigenvalue weighted by atomic mass is 9.85. The minimum atomic E-state index is 0.824. The fourth-order valence-corrected chi connectivity index (χ4v) is 8.29. The summed E-state index contributed by atoms with van der Waals surface area (Å²) < 4.78 is 24.5. The van der Waals surface area contributed by atoms with Crippen molar-refractivity contribution >= 4 is 98.3 Å². The molecule has 4 heterocycles. The van der Waals surface area contributed by atoms with E-state index < -0.39 is 0 Å². The number of rotatable bonds is 2. The van der Waals surface area contributed by atoms with E-state index in [0.29, 0.717) is 0 Å². The van der Waals surface area contributed by atoms with Crippen LogP contribution < -0.4 is 0 Å². The molecule has 12 rings (SSSR count). The van der Waals surface area contributed by atoms with Gasteiger partial charge in [-0.25, -0.2) is 0 Å². The average Bonchev–Trinajstić information content (AvgIpc) is 3.93. The zero-order chi connectivity index (χ0) is 32.5. The molecule has 0 N–H and O–H groups in total. The highest BCUT2D eigenvalue weighted by Gasteiger charge is 2.20. The van der Waals surface area contributed by atoms with Crippen molar-refractivity contribution in [2.75, 3.05) is 0 Å². The van der Waals surface area contributed by atoms with Crippen molar-refractivity contribution in [2.24, 2.45) is 0 Å². The fourth-order valence-electron chi connectivity index (χ4n) is 8.29. The molecular formula is C46H24O4. The van der Waals surface area contributed by atoms with Crippen molar-refractivity contribution in [3.8, 4) is 22.3 Å². The Hall–Kier alpha value is -6.78. The van der Waals surface area contributed by atoms with Gasteiger partial charge in [-0.2, -0.15) is 0 Å². The van der Waals surface area contributed by atoms with Gasteiger partial charge >= 0.3 is 0 Å². The monoisotopic (exact) mass is 640 g/mol. The molecule has 4 aromatic heterocycles. The molecule has 50 heavy (non-hydrogen) atoms. The first-order valence-electron chi connectivity index (χ1n) is 16.8. The predicted octanol–water partition coefficient (Wildman–Crippen LogP) is 13.8. The van der Waals surface area contributed by atoms with Crippen LogP contribution in [0.25, 0.3) is 121 Å². The van der Waals surface area contributed by atoms with E-state index in [0.717, 1.165) is 87.9 Å². The Morgan fingerprint density at radius 2 is 0.720 bits per heavy atom. The maximum atomic E-state index is 6.40. The van der Waals surface area contributed by atoms with E-state index in [2.05, 4.69) is 109 Å². The third-order valence-electron chi connectivity index (χ3n) is 10.5. The molecular weight excluding hydrogens is 617 g/mol. The zero-order valence-corrected chi connectivity index (χ0v) is 26.5. The molecule has 4 heteroatoms. The second kappa shape index (κ2) is 9.43. The van der Waals surface area contributed by atoms with Crippen LogP contribution in [0.15, 0.2) is 163 Å². The second-order valence-corrected chi connectivity index (χ2v) is 13.2. The summed E-state index contributed by atoms with van der Waals surface area (Å²) in [6.07, 6.45) is 1.73. The van der Waals surface area contributed by atoms with Gasteiger partial charge < -0.3 is 17.7 Å². The van der Waals surface area contributed by atoms with Gasteiger partial charge in [0, 0.05) is 49.8 Å². The van der Waals surface area contributed by atoms with Crippen molar-refractivity contribution in [2.45, 2.75) is 0 Å². The zero-order valence-electron chi connectivity index (χ0n) is 26.5. The lowest BCUT2D eigenvalue weighted by Gasteiger charge is -2.17. The summed E-state index contributed by atoms with van der Waals surface area (Å²) in [5, 5.41) is 12.4. The number of benzene rings is 8. The first kappa shape index (κ1) is 26.2. The number of fused-ring (bicyclic) bond motifs is 12. The number of furan rings is 4. The van der Waals surface area contributed by atoms with E-state index >= 15 is 0 Å². The van der Waals surface area contributed by atoms with Crippen LogP contribution >= 0.6 is 0 Å². The molecule has 0 aliphatic carbocycles. The molecule has 0 amide bonds. The van der Waals surface area contributed by atoms with Crippen LogP contribution in [0.4, 0.5) is 0 Å². The van der Waals surface area contributed by atoms with E-state index in [1.54, 1.807) is 6.26 Å². The molecule has 0 atom stereocenters. The van der Waals surface area contributed by atoms with Gasteiger partial charge in [0.2, 0.25) is 0 Å². The summed E-state index contributed by atoms with van der Waals surface area (Å²) in [6, 6.07) is 49.3. The molecule has 4 nitrogen and oxygen atoms in total. The molecule has 0 fully saturated rings. The summed E-state index contributed by atoms with van der Waals surface area (Å²) in [5.41, 5.74) is 10.6. The molecule has 0 saturated carbocycles. The van der Waals surface area contributed by atoms with Gasteiger partial charge in [-0.05, 0) is 92.3 Å². The summed E-state index contributed by atoms with van der Waals surface area (Å²) in [6.45, 7) is 0. The molecule has 12 aromatic rings. The lowest BCUT2D eigenvalue weighted by molar-refractivity contribution is 0.613. The van der Waals surface area contributed by atoms with Crippen molar-refractivity contribution < 1.29 is 17.7 Å². The number of hydrogen-bond acceptors (Lipinski definition) is 4. The predicted molar refractivity (Wildman–Crippen MR) is 204 cm³/mol. The Bertz CT molecular complexity index is 3330. The molecule has 0 bridgehead atoms. The first-order chi connectivity index (χ1) is 24.7. The quantitative estimate of drug-likeness (QED) is 0.176. The highest BCUT2D eigenvalue weighted by Crippen LogP contribution is 2.46. The van der Waals surface area contributed by atoms with E-state index in [4.69, 9.17) is 17.7 Å². The number of para-hydroxylation sites is 1. The smallest absolute Gasteiger partial charge is 0.139 e. The van der Waals surface area contributed by atoms with Crippen LogP contribution in [0.1, 0.15) is 0 Å². The second-order valence-electron chi connectivity index (χ2n) is 13.2. The largest absolute Gasteiger partial charge is 0.464 e. The Morgan fingerprint density at radius 1 is 0.280 bits per heavy atom. The average molecular weight is 641 g/mol. The van der Waals surface area contributed by atoms with Crippen LogP contribution in [-0.4, -0.2) is 0 Å². The van der Waals surface area contributed by atoms with E-state index in [-0.39, 0.29) is 0 Å². The first-order valence-corrected chi connectivity index (χ1v) is 16.8. The molecule has 0 aliphatic heterocycles. The van der Waals surface area contributed by atoms with Crippen LogP contribution in [0.5, 0.6) is 0 Å². The molecule has 0 unspecified atom stereocenters. The summed E-state index contributed by atoms with van der Waals surface area (Å²) >= 11 is 0. The van der Waals surface area contributed by atoms with E-state index in [9.17, 15) is 0 Å². The molecule has 0 saturated heterocycles. The van der Waals surface area contributed by atoms with Crippen LogP contribution in [0, 0.1) is 0 Å². The van der Waals surface area contributed by atoms with Gasteiger partial charge in [-0.1, -0.05) is 78.9 Å². The Kier molecular flexibility index (Phi) is 4.94. The molecule has 0 radical (unpaired) electrons. The summed E-state index contributed by atoms with van der Waals surface area (Å²) in [4.78, 5) is 0. The normalized spacial score (nSPS) is 12.4. The summed E-state index contributed by atoms with van der Waals surface area (Å²) in [5.74, 6) is 0. The topological polar surface area (TPSA) is 52.6 Å². The van der Waals surface area contributed by atoms with Gasteiger partial charge in [0.15, 0.2) is 0 Å². The van der Waals surface area contributed by atoms with Gasteiger partial charge in [-0.3, -0.25) is 0 Å². The van der Waals surface area contributed by atoms with Gasteiger partial charge in [-0.15, -0.1) is 0 Å². The van der Waals surface area contributed by atoms with Gasteiger partial charge in [0.05, 0.1) is 6.26 Å². The van der Waals surface area contributed by atoms with Crippen LogP contribution in [0.2, 0.25) is 0 Å². The highest BCUT2D eigenvalue weighted by atomic mass is 16.3. The molecule has 8 aromatic carbocycles. The third kappa shape index (κ3) is 3.49.